The van der Waals surface area contributed by atoms with Crippen LogP contribution in [0.25, 0.3) is 0 Å². The molecule has 0 heterocycles. The van der Waals surface area contributed by atoms with Crippen molar-refractivity contribution < 1.29 is 0 Å². The maximum Gasteiger partial charge on any atom is 0.0213 e. The minimum Gasteiger partial charge on any atom is -0.234 e. The molecule has 0 bridgehead atoms. The summed E-state index contributed by atoms with van der Waals surface area (Å²) in [4.78, 5) is 0. The summed E-state index contributed by atoms with van der Waals surface area (Å²) in [6.45, 7) is 0. The van der Waals surface area contributed by atoms with Crippen LogP contribution in [0.4, 0.5) is 0 Å². The van der Waals surface area contributed by atoms with Gasteiger partial charge in [-0.05, 0) is 51.4 Å². The second-order valence-corrected chi connectivity index (χ2v) is 15.7. The average Bonchev–Trinajstić information content (AvgIpc) is 2.84. The molecule has 2 nitrogen and oxygen atoms in total. The van der Waals surface area contributed by atoms with Gasteiger partial charge in [0.25, 0.3) is 0 Å². The van der Waals surface area contributed by atoms with Gasteiger partial charge in [0.05, 0.1) is 0 Å². The Hall–Kier alpha value is 1.32. The van der Waals surface area contributed by atoms with Gasteiger partial charge in [-0.15, -0.1) is 0 Å². The highest BCUT2D eigenvalue weighted by Crippen LogP contribution is 2.51. The molecule has 30 heavy (non-hydrogen) atoms. The molecule has 4 fully saturated rings. The highest BCUT2D eigenvalue weighted by molar-refractivity contribution is 9.25. The molecule has 4 aliphatic rings. The topological polar surface area (TPSA) is 6.48 Å². The summed E-state index contributed by atoms with van der Waals surface area (Å²) in [5, 5.41) is 0. The molecular weight excluding hydrogens is 445 g/mol. The zero-order valence-electron chi connectivity index (χ0n) is 19.0. The molecule has 0 aromatic carbocycles. The third-order valence-corrected chi connectivity index (χ3v) is 14.4. The maximum atomic E-state index is 2.89. The lowest BCUT2D eigenvalue weighted by atomic mass is 9.91. The Morgan fingerprint density at radius 3 is 0.800 bits per heavy atom. The lowest BCUT2D eigenvalue weighted by Crippen LogP contribution is -2.40. The summed E-state index contributed by atoms with van der Waals surface area (Å²) in [5.74, 6) is 0. The highest BCUT2D eigenvalue weighted by atomic mass is 33.7. The van der Waals surface area contributed by atoms with Crippen LogP contribution in [0.3, 0.4) is 0 Å². The van der Waals surface area contributed by atoms with E-state index in [4.69, 9.17) is 0 Å². The summed E-state index contributed by atoms with van der Waals surface area (Å²) < 4.78 is 5.78. The van der Waals surface area contributed by atoms with Crippen molar-refractivity contribution in [2.45, 2.75) is 153 Å². The van der Waals surface area contributed by atoms with E-state index in [1.807, 2.05) is 0 Å². The first-order valence-electron chi connectivity index (χ1n) is 13.2. The van der Waals surface area contributed by atoms with Crippen LogP contribution in [-0.2, 0) is 0 Å². The van der Waals surface area contributed by atoms with Gasteiger partial charge in [0, 0.05) is 65.8 Å². The van der Waals surface area contributed by atoms with Gasteiger partial charge >= 0.3 is 0 Å². The SMILES string of the molecule is C1CCC(N(SSSSN(C2CCCCC2)C2CCCCC2)C2CCCCC2)CC1. The molecule has 0 radical (unpaired) electrons. The minimum atomic E-state index is 0.845. The number of hydrogen-bond donors (Lipinski definition) is 0. The van der Waals surface area contributed by atoms with E-state index in [1.165, 1.54) is 128 Å². The zero-order valence-corrected chi connectivity index (χ0v) is 22.2. The molecule has 0 aliphatic heterocycles. The van der Waals surface area contributed by atoms with Crippen LogP contribution in [0.2, 0.25) is 0 Å². The first-order valence-corrected chi connectivity index (χ1v) is 17.9. The monoisotopic (exact) mass is 488 g/mol. The van der Waals surface area contributed by atoms with Crippen molar-refractivity contribution >= 4 is 41.6 Å². The van der Waals surface area contributed by atoms with Crippen molar-refractivity contribution in [3.05, 3.63) is 0 Å². The molecule has 6 heteroatoms. The maximum absolute atomic E-state index is 2.89. The Morgan fingerprint density at radius 2 is 0.567 bits per heavy atom. The standard InChI is InChI=1S/C24H44N2S4/c1-5-13-21(14-6-1)25(22-15-7-2-8-16-22)27-29-30-28-26(23-17-9-3-10-18-23)24-19-11-4-12-20-24/h21-24H,1-20H2. The first-order chi connectivity index (χ1) is 14.9. The Morgan fingerprint density at radius 1 is 0.333 bits per heavy atom. The number of rotatable bonds is 9. The second-order valence-electron chi connectivity index (χ2n) is 10.2. The van der Waals surface area contributed by atoms with Gasteiger partial charge in [-0.2, -0.15) is 0 Å². The highest BCUT2D eigenvalue weighted by Gasteiger charge is 2.32. The van der Waals surface area contributed by atoms with Gasteiger partial charge in [-0.25, -0.2) is 8.61 Å². The Kier molecular flexibility index (Phi) is 11.3. The second kappa shape index (κ2) is 13.9. The quantitative estimate of drug-likeness (QED) is 0.180. The number of hydrogen-bond acceptors (Lipinski definition) is 6. The van der Waals surface area contributed by atoms with E-state index < -0.39 is 0 Å². The van der Waals surface area contributed by atoms with E-state index in [0.717, 1.165) is 24.2 Å². The van der Waals surface area contributed by atoms with Crippen LogP contribution in [0.5, 0.6) is 0 Å². The Balaban J connectivity index is 1.28. The first kappa shape index (κ1) is 24.4. The molecule has 0 N–H and O–H groups in total. The van der Waals surface area contributed by atoms with Crippen LogP contribution in [0.1, 0.15) is 128 Å². The van der Waals surface area contributed by atoms with Crippen molar-refractivity contribution in [1.82, 2.24) is 8.61 Å². The summed E-state index contributed by atoms with van der Waals surface area (Å²) in [6, 6.07) is 3.38. The molecule has 0 unspecified atom stereocenters. The predicted molar refractivity (Wildman–Crippen MR) is 142 cm³/mol. The normalized spacial score (nSPS) is 26.6. The molecule has 0 saturated heterocycles. The van der Waals surface area contributed by atoms with Crippen LogP contribution >= 0.6 is 41.6 Å². The summed E-state index contributed by atoms with van der Waals surface area (Å²) in [6.07, 6.45) is 29.1. The average molecular weight is 489 g/mol. The van der Waals surface area contributed by atoms with Crippen LogP contribution < -0.4 is 0 Å². The van der Waals surface area contributed by atoms with Crippen molar-refractivity contribution in [3.63, 3.8) is 0 Å². The summed E-state index contributed by atoms with van der Waals surface area (Å²) in [5.41, 5.74) is 0. The van der Waals surface area contributed by atoms with Gasteiger partial charge in [-0.3, -0.25) is 0 Å². The van der Waals surface area contributed by atoms with Gasteiger partial charge < -0.3 is 0 Å². The molecule has 0 aromatic heterocycles. The lowest BCUT2D eigenvalue weighted by molar-refractivity contribution is 0.186. The molecule has 4 rings (SSSR count). The third kappa shape index (κ3) is 7.41. The fourth-order valence-electron chi connectivity index (χ4n) is 6.28. The molecular formula is C24H44N2S4. The van der Waals surface area contributed by atoms with Gasteiger partial charge in [0.1, 0.15) is 0 Å². The van der Waals surface area contributed by atoms with E-state index in [9.17, 15) is 0 Å². The van der Waals surface area contributed by atoms with Gasteiger partial charge in [-0.1, -0.05) is 77.0 Å². The van der Waals surface area contributed by atoms with E-state index in [0.29, 0.717) is 0 Å². The molecule has 174 valence electrons. The lowest BCUT2D eigenvalue weighted by Gasteiger charge is -2.41. The smallest absolute Gasteiger partial charge is 0.0213 e. The van der Waals surface area contributed by atoms with Crippen LogP contribution in [0, 0.1) is 0 Å². The minimum absolute atomic E-state index is 0.845. The zero-order chi connectivity index (χ0) is 20.4. The predicted octanol–water partition coefficient (Wildman–Crippen LogP) is 9.43. The largest absolute Gasteiger partial charge is 0.234 e. The van der Waals surface area contributed by atoms with Crippen molar-refractivity contribution in [2.75, 3.05) is 0 Å². The summed E-state index contributed by atoms with van der Waals surface area (Å²) in [7, 11) is 8.44. The summed E-state index contributed by atoms with van der Waals surface area (Å²) >= 11 is 0. The Bertz CT molecular complexity index is 378. The molecule has 4 aliphatic carbocycles. The van der Waals surface area contributed by atoms with Gasteiger partial charge in [0.15, 0.2) is 0 Å². The molecule has 0 aromatic rings. The van der Waals surface area contributed by atoms with Crippen molar-refractivity contribution in [3.8, 4) is 0 Å². The molecule has 4 saturated carbocycles. The van der Waals surface area contributed by atoms with Crippen LogP contribution in [-0.4, -0.2) is 32.8 Å². The third-order valence-electron chi connectivity index (χ3n) is 8.00. The van der Waals surface area contributed by atoms with E-state index in [-0.39, 0.29) is 0 Å². The van der Waals surface area contributed by atoms with E-state index in [1.54, 1.807) is 0 Å². The van der Waals surface area contributed by atoms with E-state index >= 15 is 0 Å². The molecule has 0 spiro atoms. The van der Waals surface area contributed by atoms with Crippen LogP contribution in [0.15, 0.2) is 0 Å². The van der Waals surface area contributed by atoms with E-state index in [2.05, 4.69) is 50.2 Å². The van der Waals surface area contributed by atoms with Crippen molar-refractivity contribution in [1.29, 1.82) is 0 Å². The van der Waals surface area contributed by atoms with Crippen molar-refractivity contribution in [2.24, 2.45) is 0 Å². The molecule has 0 amide bonds. The fourth-order valence-corrected chi connectivity index (χ4v) is 12.9. The number of nitrogens with zero attached hydrogens (tertiary/aromatic N) is 2. The van der Waals surface area contributed by atoms with Gasteiger partial charge in [0.2, 0.25) is 0 Å². The Labute approximate surface area is 202 Å². The fraction of sp³-hybridized carbons (Fsp3) is 1.00. The molecule has 0 atom stereocenters.